The van der Waals surface area contributed by atoms with E-state index in [4.69, 9.17) is 10.5 Å². The van der Waals surface area contributed by atoms with Crippen molar-refractivity contribution in [3.05, 3.63) is 50.7 Å². The van der Waals surface area contributed by atoms with Crippen LogP contribution in [0.1, 0.15) is 13.8 Å². The SMILES string of the molecule is COCCN(C(=O)CSc1ccc(F)c(F)c1)c1c(N)n(CC(C)C)c(=O)[nH]c1=O. The van der Waals surface area contributed by atoms with Crippen molar-refractivity contribution in [2.75, 3.05) is 36.6 Å². The summed E-state index contributed by atoms with van der Waals surface area (Å²) in [6.45, 7) is 4.14. The number of aromatic amines is 1. The van der Waals surface area contributed by atoms with Gasteiger partial charge >= 0.3 is 5.69 Å². The molecule has 0 radical (unpaired) electrons. The van der Waals surface area contributed by atoms with Gasteiger partial charge < -0.3 is 15.4 Å². The van der Waals surface area contributed by atoms with Crippen LogP contribution in [0.5, 0.6) is 0 Å². The van der Waals surface area contributed by atoms with Gasteiger partial charge in [-0.3, -0.25) is 19.1 Å². The van der Waals surface area contributed by atoms with Gasteiger partial charge in [0.05, 0.1) is 12.4 Å². The molecule has 164 valence electrons. The van der Waals surface area contributed by atoms with Gasteiger partial charge in [0.25, 0.3) is 5.56 Å². The third-order valence-electron chi connectivity index (χ3n) is 4.11. The summed E-state index contributed by atoms with van der Waals surface area (Å²) in [5, 5.41) is 0. The number of amides is 1. The van der Waals surface area contributed by atoms with Crippen molar-refractivity contribution in [1.29, 1.82) is 0 Å². The van der Waals surface area contributed by atoms with E-state index in [1.54, 1.807) is 0 Å². The number of rotatable bonds is 9. The molecule has 1 aromatic heterocycles. The zero-order valence-corrected chi connectivity index (χ0v) is 17.7. The summed E-state index contributed by atoms with van der Waals surface area (Å²) in [7, 11) is 1.44. The van der Waals surface area contributed by atoms with E-state index < -0.39 is 28.8 Å². The molecule has 0 bridgehead atoms. The molecule has 30 heavy (non-hydrogen) atoms. The van der Waals surface area contributed by atoms with E-state index in [0.29, 0.717) is 4.90 Å². The normalized spacial score (nSPS) is 11.1. The van der Waals surface area contributed by atoms with Crippen LogP contribution in [0.4, 0.5) is 20.3 Å². The van der Waals surface area contributed by atoms with E-state index in [0.717, 1.165) is 28.8 Å². The van der Waals surface area contributed by atoms with E-state index >= 15 is 0 Å². The van der Waals surface area contributed by atoms with Crippen molar-refractivity contribution in [2.45, 2.75) is 25.3 Å². The molecule has 0 saturated heterocycles. The topological polar surface area (TPSA) is 110 Å². The number of anilines is 2. The first-order chi connectivity index (χ1) is 14.1. The van der Waals surface area contributed by atoms with Crippen LogP contribution < -0.4 is 21.9 Å². The van der Waals surface area contributed by atoms with Crippen LogP contribution in [0.2, 0.25) is 0 Å². The van der Waals surface area contributed by atoms with E-state index in [2.05, 4.69) is 4.98 Å². The minimum atomic E-state index is -1.02. The number of carbonyl (C=O) groups is 1. The fourth-order valence-corrected chi connectivity index (χ4v) is 3.52. The number of carbonyl (C=O) groups excluding carboxylic acids is 1. The lowest BCUT2D eigenvalue weighted by Gasteiger charge is -2.24. The third-order valence-corrected chi connectivity index (χ3v) is 5.08. The predicted molar refractivity (Wildman–Crippen MR) is 112 cm³/mol. The second-order valence-electron chi connectivity index (χ2n) is 6.90. The van der Waals surface area contributed by atoms with Gasteiger partial charge in [0, 0.05) is 25.1 Å². The highest BCUT2D eigenvalue weighted by atomic mass is 32.2. The number of aromatic nitrogens is 2. The highest BCUT2D eigenvalue weighted by Gasteiger charge is 2.24. The van der Waals surface area contributed by atoms with Gasteiger partial charge in [-0.1, -0.05) is 13.8 Å². The molecule has 2 aromatic rings. The number of nitrogens with two attached hydrogens (primary N) is 1. The molecule has 11 heteroatoms. The standard InChI is InChI=1S/C19H24F2N4O4S/c1-11(2)9-25-17(22)16(18(27)23-19(25)28)24(6-7-29-3)15(26)10-30-12-4-5-13(20)14(21)8-12/h4-5,8,11H,6-7,9-10,22H2,1-3H3,(H,23,27,28). The number of nitrogens with one attached hydrogen (secondary N) is 1. The first-order valence-corrected chi connectivity index (χ1v) is 10.1. The summed E-state index contributed by atoms with van der Waals surface area (Å²) in [6.07, 6.45) is 0. The largest absolute Gasteiger partial charge is 0.383 e. The zero-order valence-electron chi connectivity index (χ0n) is 16.9. The second-order valence-corrected chi connectivity index (χ2v) is 7.95. The molecule has 0 spiro atoms. The molecule has 0 atom stereocenters. The van der Waals surface area contributed by atoms with Gasteiger partial charge in [0.15, 0.2) is 17.3 Å². The van der Waals surface area contributed by atoms with E-state index in [9.17, 15) is 23.2 Å². The fraction of sp³-hybridized carbons (Fsp3) is 0.421. The first-order valence-electron chi connectivity index (χ1n) is 9.15. The number of benzene rings is 1. The number of methoxy groups -OCH3 is 1. The van der Waals surface area contributed by atoms with Gasteiger partial charge in [0.2, 0.25) is 5.91 Å². The number of halogens is 2. The Morgan fingerprint density at radius 1 is 1.30 bits per heavy atom. The van der Waals surface area contributed by atoms with Crippen molar-refractivity contribution >= 4 is 29.2 Å². The molecule has 1 heterocycles. The number of hydrogen-bond acceptors (Lipinski definition) is 6. The summed E-state index contributed by atoms with van der Waals surface area (Å²) < 4.78 is 32.7. The fourth-order valence-electron chi connectivity index (χ4n) is 2.72. The van der Waals surface area contributed by atoms with Crippen molar-refractivity contribution in [2.24, 2.45) is 5.92 Å². The average Bonchev–Trinajstić information content (AvgIpc) is 2.68. The second kappa shape index (κ2) is 10.4. The molecule has 0 aliphatic heterocycles. The Balaban J connectivity index is 2.36. The molecule has 1 aromatic carbocycles. The van der Waals surface area contributed by atoms with Gasteiger partial charge in [-0.05, 0) is 24.1 Å². The van der Waals surface area contributed by atoms with Crippen LogP contribution in [0.15, 0.2) is 32.7 Å². The molecule has 2 rings (SSSR count). The lowest BCUT2D eigenvalue weighted by atomic mass is 10.2. The third kappa shape index (κ3) is 5.70. The Morgan fingerprint density at radius 2 is 2.00 bits per heavy atom. The minimum Gasteiger partial charge on any atom is -0.383 e. The number of H-pyrrole nitrogens is 1. The maximum Gasteiger partial charge on any atom is 0.330 e. The van der Waals surface area contributed by atoms with Gasteiger partial charge in [0.1, 0.15) is 5.82 Å². The average molecular weight is 442 g/mol. The first kappa shape index (κ1) is 23.6. The van der Waals surface area contributed by atoms with Gasteiger partial charge in [-0.25, -0.2) is 13.6 Å². The summed E-state index contributed by atoms with van der Waals surface area (Å²) in [4.78, 5) is 41.2. The van der Waals surface area contributed by atoms with Crippen molar-refractivity contribution < 1.29 is 18.3 Å². The monoisotopic (exact) mass is 442 g/mol. The summed E-state index contributed by atoms with van der Waals surface area (Å²) in [5.74, 6) is -2.75. The smallest absolute Gasteiger partial charge is 0.330 e. The number of ether oxygens (including phenoxy) is 1. The van der Waals surface area contributed by atoms with Crippen molar-refractivity contribution in [1.82, 2.24) is 9.55 Å². The molecule has 0 fully saturated rings. The molecule has 0 aliphatic rings. The Hall–Kier alpha value is -2.66. The summed E-state index contributed by atoms with van der Waals surface area (Å²) in [5.41, 5.74) is 4.49. The van der Waals surface area contributed by atoms with Crippen LogP contribution >= 0.6 is 11.8 Å². The highest BCUT2D eigenvalue weighted by molar-refractivity contribution is 8.00. The van der Waals surface area contributed by atoms with Gasteiger partial charge in [-0.2, -0.15) is 0 Å². The summed E-state index contributed by atoms with van der Waals surface area (Å²) in [6, 6.07) is 3.30. The molecule has 0 saturated carbocycles. The van der Waals surface area contributed by atoms with Crippen LogP contribution in [0.3, 0.4) is 0 Å². The van der Waals surface area contributed by atoms with Crippen LogP contribution in [0.25, 0.3) is 0 Å². The molecule has 8 nitrogen and oxygen atoms in total. The number of thioether (sulfide) groups is 1. The number of nitrogens with zero attached hydrogens (tertiary/aromatic N) is 2. The Kier molecular flexibility index (Phi) is 8.18. The molecular formula is C19H24F2N4O4S. The molecule has 0 aliphatic carbocycles. The van der Waals surface area contributed by atoms with E-state index in [-0.39, 0.29) is 42.9 Å². The zero-order chi connectivity index (χ0) is 22.4. The highest BCUT2D eigenvalue weighted by Crippen LogP contribution is 2.23. The van der Waals surface area contributed by atoms with Crippen LogP contribution in [-0.4, -0.2) is 41.5 Å². The Labute approximate surface area is 176 Å². The number of nitrogen functional groups attached to an aromatic ring is 1. The van der Waals surface area contributed by atoms with E-state index in [1.807, 2.05) is 13.8 Å². The van der Waals surface area contributed by atoms with E-state index in [1.165, 1.54) is 17.7 Å². The lowest BCUT2D eigenvalue weighted by molar-refractivity contribution is -0.116. The number of hydrogen-bond donors (Lipinski definition) is 2. The maximum atomic E-state index is 13.4. The lowest BCUT2D eigenvalue weighted by Crippen LogP contribution is -2.43. The van der Waals surface area contributed by atoms with Crippen LogP contribution in [-0.2, 0) is 16.1 Å². The Bertz CT molecular complexity index is 1020. The predicted octanol–water partition coefficient (Wildman–Crippen LogP) is 1.82. The summed E-state index contributed by atoms with van der Waals surface area (Å²) >= 11 is 0.977. The molecule has 1 amide bonds. The quantitative estimate of drug-likeness (QED) is 0.574. The minimum absolute atomic E-state index is 0.0147. The molecular weight excluding hydrogens is 418 g/mol. The molecule has 0 unspecified atom stereocenters. The van der Waals surface area contributed by atoms with Crippen LogP contribution in [0, 0.1) is 17.6 Å². The van der Waals surface area contributed by atoms with Crippen molar-refractivity contribution in [3.8, 4) is 0 Å². The van der Waals surface area contributed by atoms with Gasteiger partial charge in [-0.15, -0.1) is 11.8 Å². The maximum absolute atomic E-state index is 13.4. The van der Waals surface area contributed by atoms with Crippen molar-refractivity contribution in [3.63, 3.8) is 0 Å². The Morgan fingerprint density at radius 3 is 2.60 bits per heavy atom. The molecule has 3 N–H and O–H groups in total.